The summed E-state index contributed by atoms with van der Waals surface area (Å²) in [6.07, 6.45) is 0. The molecular weight excluding hydrogens is 292 g/mol. The van der Waals surface area contributed by atoms with Crippen molar-refractivity contribution < 1.29 is 0 Å². The van der Waals surface area contributed by atoms with Crippen molar-refractivity contribution in [2.45, 2.75) is 13.8 Å². The van der Waals surface area contributed by atoms with Crippen LogP contribution in [-0.4, -0.2) is 4.98 Å². The summed E-state index contributed by atoms with van der Waals surface area (Å²) in [6, 6.07) is 13.9. The van der Waals surface area contributed by atoms with Crippen LogP contribution in [0.1, 0.15) is 11.1 Å². The Morgan fingerprint density at radius 2 is 2.00 bits per heavy atom. The molecule has 0 aliphatic heterocycles. The first-order valence-electron chi connectivity index (χ1n) is 6.86. The third kappa shape index (κ3) is 2.86. The zero-order valence-corrected chi connectivity index (χ0v) is 13.1. The van der Waals surface area contributed by atoms with Gasteiger partial charge in [-0.3, -0.25) is 0 Å². The molecule has 0 saturated heterocycles. The van der Waals surface area contributed by atoms with Crippen LogP contribution in [0.2, 0.25) is 0 Å². The van der Waals surface area contributed by atoms with E-state index in [-0.39, 0.29) is 0 Å². The fourth-order valence-electron chi connectivity index (χ4n) is 2.38. The Balaban J connectivity index is 2.00. The van der Waals surface area contributed by atoms with Crippen LogP contribution in [0.3, 0.4) is 0 Å². The zero-order valence-electron chi connectivity index (χ0n) is 12.3. The number of hydrogen-bond donors (Lipinski definition) is 0. The second-order valence-corrected chi connectivity index (χ2v) is 5.95. The first-order chi connectivity index (χ1) is 10.7. The van der Waals surface area contributed by atoms with E-state index < -0.39 is 0 Å². The maximum atomic E-state index is 8.53. The van der Waals surface area contributed by atoms with Gasteiger partial charge >= 0.3 is 0 Å². The molecule has 0 unspecified atom stereocenters. The van der Waals surface area contributed by atoms with Crippen LogP contribution in [0.25, 0.3) is 32.3 Å². The SMILES string of the molecule is Cc1ccc(-c2csc(-c3cccc(N=[N+]=[N-])c3)n2)c(C)c1. The smallest absolute Gasteiger partial charge is 0.124 e. The van der Waals surface area contributed by atoms with Crippen molar-refractivity contribution in [1.29, 1.82) is 0 Å². The summed E-state index contributed by atoms with van der Waals surface area (Å²) in [5.74, 6) is 0. The van der Waals surface area contributed by atoms with E-state index in [0.29, 0.717) is 5.69 Å². The minimum atomic E-state index is 0.600. The van der Waals surface area contributed by atoms with E-state index in [9.17, 15) is 0 Å². The van der Waals surface area contributed by atoms with Gasteiger partial charge in [-0.25, -0.2) is 4.98 Å². The molecule has 3 rings (SSSR count). The van der Waals surface area contributed by atoms with Gasteiger partial charge in [0.25, 0.3) is 0 Å². The van der Waals surface area contributed by atoms with Gasteiger partial charge < -0.3 is 0 Å². The van der Waals surface area contributed by atoms with Gasteiger partial charge in [0.2, 0.25) is 0 Å². The Bertz CT molecular complexity index is 876. The van der Waals surface area contributed by atoms with Crippen molar-refractivity contribution >= 4 is 17.0 Å². The molecule has 0 amide bonds. The summed E-state index contributed by atoms with van der Waals surface area (Å²) in [4.78, 5) is 7.55. The highest BCUT2D eigenvalue weighted by Gasteiger charge is 2.09. The van der Waals surface area contributed by atoms with Gasteiger partial charge in [0.15, 0.2) is 0 Å². The number of hydrogen-bond acceptors (Lipinski definition) is 3. The van der Waals surface area contributed by atoms with Crippen molar-refractivity contribution in [1.82, 2.24) is 4.98 Å². The summed E-state index contributed by atoms with van der Waals surface area (Å²) >= 11 is 1.59. The van der Waals surface area contributed by atoms with Gasteiger partial charge in [-0.2, -0.15) is 0 Å². The lowest BCUT2D eigenvalue weighted by Crippen LogP contribution is -1.85. The Hall–Kier alpha value is -2.62. The van der Waals surface area contributed by atoms with Gasteiger partial charge in [0, 0.05) is 27.1 Å². The zero-order chi connectivity index (χ0) is 15.5. The molecule has 0 spiro atoms. The van der Waals surface area contributed by atoms with Crippen molar-refractivity contribution in [3.05, 3.63) is 69.4 Å². The number of thiazole rings is 1. The second kappa shape index (κ2) is 6.02. The van der Waals surface area contributed by atoms with Crippen LogP contribution in [0, 0.1) is 13.8 Å². The fraction of sp³-hybridized carbons (Fsp3) is 0.118. The van der Waals surface area contributed by atoms with E-state index in [4.69, 9.17) is 10.5 Å². The summed E-state index contributed by atoms with van der Waals surface area (Å²) < 4.78 is 0. The summed E-state index contributed by atoms with van der Waals surface area (Å²) in [6.45, 7) is 4.19. The standard InChI is InChI=1S/C17H14N4S/c1-11-6-7-15(12(2)8-11)16-10-22-17(19-16)13-4-3-5-14(9-13)20-21-18/h3-10H,1-2H3. The molecule has 4 nitrogen and oxygen atoms in total. The first kappa shape index (κ1) is 14.3. The Kier molecular flexibility index (Phi) is 3.92. The number of azide groups is 1. The lowest BCUT2D eigenvalue weighted by atomic mass is 10.0. The average molecular weight is 306 g/mol. The molecule has 0 bridgehead atoms. The van der Waals surface area contributed by atoms with Gasteiger partial charge in [0.1, 0.15) is 5.01 Å². The predicted octanol–water partition coefficient (Wildman–Crippen LogP) is 6.04. The molecular formula is C17H14N4S. The molecule has 2 aromatic carbocycles. The molecule has 1 aromatic heterocycles. The van der Waals surface area contributed by atoms with Crippen molar-refractivity contribution in [2.24, 2.45) is 5.11 Å². The highest BCUT2D eigenvalue weighted by Crippen LogP contribution is 2.32. The molecule has 108 valence electrons. The third-order valence-corrected chi connectivity index (χ3v) is 4.31. The van der Waals surface area contributed by atoms with Gasteiger partial charge in [-0.1, -0.05) is 47.1 Å². The molecule has 0 saturated carbocycles. The lowest BCUT2D eigenvalue weighted by molar-refractivity contribution is 1.34. The second-order valence-electron chi connectivity index (χ2n) is 5.10. The van der Waals surface area contributed by atoms with Crippen molar-refractivity contribution in [2.75, 3.05) is 0 Å². The maximum absolute atomic E-state index is 8.53. The minimum absolute atomic E-state index is 0.600. The number of aryl methyl sites for hydroxylation is 2. The molecule has 5 heteroatoms. The predicted molar refractivity (Wildman–Crippen MR) is 91.3 cm³/mol. The Morgan fingerprint density at radius 1 is 1.14 bits per heavy atom. The molecule has 0 fully saturated rings. The van der Waals surface area contributed by atoms with Crippen LogP contribution in [0.5, 0.6) is 0 Å². The maximum Gasteiger partial charge on any atom is 0.124 e. The number of benzene rings is 2. The largest absolute Gasteiger partial charge is 0.236 e. The third-order valence-electron chi connectivity index (χ3n) is 3.42. The minimum Gasteiger partial charge on any atom is -0.236 e. The molecule has 0 aliphatic carbocycles. The van der Waals surface area contributed by atoms with E-state index in [1.54, 1.807) is 17.4 Å². The van der Waals surface area contributed by atoms with E-state index in [2.05, 4.69) is 47.5 Å². The van der Waals surface area contributed by atoms with Crippen LogP contribution in [0.4, 0.5) is 5.69 Å². The summed E-state index contributed by atoms with van der Waals surface area (Å²) in [5, 5.41) is 6.62. The highest BCUT2D eigenvalue weighted by atomic mass is 32.1. The van der Waals surface area contributed by atoms with Gasteiger partial charge in [-0.15, -0.1) is 11.3 Å². The normalized spacial score (nSPS) is 10.3. The topological polar surface area (TPSA) is 61.7 Å². The quantitative estimate of drug-likeness (QED) is 0.331. The molecule has 0 atom stereocenters. The number of nitrogens with zero attached hydrogens (tertiary/aromatic N) is 4. The molecule has 0 aliphatic rings. The van der Waals surface area contributed by atoms with Gasteiger partial charge in [-0.05, 0) is 31.0 Å². The van der Waals surface area contributed by atoms with E-state index in [1.165, 1.54) is 11.1 Å². The van der Waals surface area contributed by atoms with Crippen LogP contribution < -0.4 is 0 Å². The summed E-state index contributed by atoms with van der Waals surface area (Å²) in [5.41, 5.74) is 14.7. The molecule has 0 radical (unpaired) electrons. The lowest BCUT2D eigenvalue weighted by Gasteiger charge is -2.03. The monoisotopic (exact) mass is 306 g/mol. The number of rotatable bonds is 3. The molecule has 22 heavy (non-hydrogen) atoms. The average Bonchev–Trinajstić information content (AvgIpc) is 2.97. The van der Waals surface area contributed by atoms with E-state index >= 15 is 0 Å². The number of aromatic nitrogens is 1. The van der Waals surface area contributed by atoms with Gasteiger partial charge in [0.05, 0.1) is 5.69 Å². The van der Waals surface area contributed by atoms with Crippen LogP contribution >= 0.6 is 11.3 Å². The Labute approximate surface area is 132 Å². The van der Waals surface area contributed by atoms with E-state index in [1.807, 2.05) is 18.2 Å². The van der Waals surface area contributed by atoms with Crippen molar-refractivity contribution in [3.8, 4) is 21.8 Å². The fourth-order valence-corrected chi connectivity index (χ4v) is 3.20. The van der Waals surface area contributed by atoms with Crippen LogP contribution in [-0.2, 0) is 0 Å². The van der Waals surface area contributed by atoms with Crippen molar-refractivity contribution in [3.63, 3.8) is 0 Å². The highest BCUT2D eigenvalue weighted by molar-refractivity contribution is 7.13. The first-order valence-corrected chi connectivity index (χ1v) is 7.74. The molecule has 0 N–H and O–H groups in total. The Morgan fingerprint density at radius 3 is 2.77 bits per heavy atom. The molecule has 1 heterocycles. The van der Waals surface area contributed by atoms with E-state index in [0.717, 1.165) is 21.8 Å². The summed E-state index contributed by atoms with van der Waals surface area (Å²) in [7, 11) is 0. The van der Waals surface area contributed by atoms with Crippen LogP contribution in [0.15, 0.2) is 53.0 Å². The molecule has 3 aromatic rings.